The van der Waals surface area contributed by atoms with E-state index < -0.39 is 0 Å². The summed E-state index contributed by atoms with van der Waals surface area (Å²) in [5.41, 5.74) is 2.56. The third-order valence-corrected chi connectivity index (χ3v) is 4.15. The van der Waals surface area contributed by atoms with Crippen molar-refractivity contribution in [2.24, 2.45) is 5.92 Å². The van der Waals surface area contributed by atoms with Gasteiger partial charge in [0.05, 0.1) is 6.04 Å². The van der Waals surface area contributed by atoms with E-state index in [1.165, 1.54) is 30.4 Å². The Morgan fingerprint density at radius 3 is 2.88 bits per heavy atom. The van der Waals surface area contributed by atoms with Gasteiger partial charge in [0, 0.05) is 13.0 Å². The molecule has 1 aliphatic carbocycles. The average Bonchev–Trinajstić information content (AvgIpc) is 2.33. The maximum Gasteiger partial charge on any atom is 0.154 e. The molecule has 2 heteroatoms. The molecule has 0 aromatic heterocycles. The number of ketones is 1. The van der Waals surface area contributed by atoms with Gasteiger partial charge in [0.25, 0.3) is 0 Å². The van der Waals surface area contributed by atoms with Gasteiger partial charge in [0.15, 0.2) is 5.78 Å². The van der Waals surface area contributed by atoms with E-state index in [2.05, 4.69) is 23.5 Å². The van der Waals surface area contributed by atoms with Gasteiger partial charge in [-0.2, -0.15) is 0 Å². The highest BCUT2D eigenvalue weighted by Crippen LogP contribution is 2.32. The van der Waals surface area contributed by atoms with Gasteiger partial charge in [-0.3, -0.25) is 4.79 Å². The van der Waals surface area contributed by atoms with Crippen LogP contribution >= 0.6 is 0 Å². The summed E-state index contributed by atoms with van der Waals surface area (Å²) in [5, 5.41) is 3.38. The van der Waals surface area contributed by atoms with Crippen LogP contribution in [0.2, 0.25) is 0 Å². The van der Waals surface area contributed by atoms with Crippen LogP contribution in [-0.2, 0) is 11.2 Å². The minimum atomic E-state index is -0.0412. The highest BCUT2D eigenvalue weighted by atomic mass is 16.1. The van der Waals surface area contributed by atoms with E-state index in [0.717, 1.165) is 19.4 Å². The highest BCUT2D eigenvalue weighted by molar-refractivity contribution is 5.86. The summed E-state index contributed by atoms with van der Waals surface area (Å²) in [5.74, 6) is 1.06. The molecule has 3 rings (SSSR count). The Kier molecular flexibility index (Phi) is 2.98. The number of hydrogen-bond acceptors (Lipinski definition) is 2. The fourth-order valence-electron chi connectivity index (χ4n) is 2.89. The predicted molar refractivity (Wildman–Crippen MR) is 67.9 cm³/mol. The van der Waals surface area contributed by atoms with Crippen LogP contribution < -0.4 is 5.32 Å². The van der Waals surface area contributed by atoms with Crippen molar-refractivity contribution in [1.29, 1.82) is 0 Å². The molecule has 90 valence electrons. The molecule has 1 heterocycles. The molecule has 1 aliphatic heterocycles. The van der Waals surface area contributed by atoms with E-state index >= 15 is 0 Å². The first-order valence-corrected chi connectivity index (χ1v) is 6.68. The van der Waals surface area contributed by atoms with Crippen molar-refractivity contribution in [2.45, 2.75) is 38.1 Å². The van der Waals surface area contributed by atoms with Gasteiger partial charge < -0.3 is 5.32 Å². The number of Topliss-reactive ketones (excluding diaryl/α,β-unsaturated/α-hetero) is 1. The van der Waals surface area contributed by atoms with Gasteiger partial charge in [-0.1, -0.05) is 43.5 Å². The maximum absolute atomic E-state index is 12.3. The largest absolute Gasteiger partial charge is 0.303 e. The van der Waals surface area contributed by atoms with Crippen LogP contribution in [0.25, 0.3) is 0 Å². The summed E-state index contributed by atoms with van der Waals surface area (Å²) in [7, 11) is 0. The van der Waals surface area contributed by atoms with E-state index in [1.54, 1.807) is 0 Å². The Morgan fingerprint density at radius 2 is 2.12 bits per heavy atom. The van der Waals surface area contributed by atoms with E-state index in [9.17, 15) is 4.79 Å². The van der Waals surface area contributed by atoms with Crippen molar-refractivity contribution in [3.63, 3.8) is 0 Å². The molecule has 0 radical (unpaired) electrons. The lowest BCUT2D eigenvalue weighted by Gasteiger charge is -2.30. The average molecular weight is 229 g/mol. The molecule has 1 atom stereocenters. The third kappa shape index (κ3) is 2.14. The van der Waals surface area contributed by atoms with Gasteiger partial charge >= 0.3 is 0 Å². The van der Waals surface area contributed by atoms with Crippen LogP contribution in [0, 0.1) is 5.92 Å². The van der Waals surface area contributed by atoms with E-state index in [0.29, 0.717) is 11.7 Å². The lowest BCUT2D eigenvalue weighted by atomic mass is 9.79. The minimum absolute atomic E-state index is 0.0412. The second-order valence-corrected chi connectivity index (χ2v) is 5.30. The summed E-state index contributed by atoms with van der Waals surface area (Å²) in [4.78, 5) is 12.3. The predicted octanol–water partition coefficient (Wildman–Crippen LogP) is 2.63. The first kappa shape index (κ1) is 11.0. The van der Waals surface area contributed by atoms with Crippen molar-refractivity contribution in [1.82, 2.24) is 5.32 Å². The third-order valence-electron chi connectivity index (χ3n) is 4.15. The van der Waals surface area contributed by atoms with Crippen LogP contribution in [0.1, 0.15) is 42.9 Å². The van der Waals surface area contributed by atoms with Gasteiger partial charge in [0.1, 0.15) is 0 Å². The molecule has 0 spiro atoms. The first-order valence-electron chi connectivity index (χ1n) is 6.68. The maximum atomic E-state index is 12.3. The molecule has 1 fully saturated rings. The zero-order valence-corrected chi connectivity index (χ0v) is 10.1. The molecule has 0 bridgehead atoms. The zero-order valence-electron chi connectivity index (χ0n) is 10.1. The Balaban J connectivity index is 1.77. The number of hydrogen-bond donors (Lipinski definition) is 1. The smallest absolute Gasteiger partial charge is 0.154 e. The highest BCUT2D eigenvalue weighted by Gasteiger charge is 2.29. The Morgan fingerprint density at radius 1 is 1.29 bits per heavy atom. The Bertz CT molecular complexity index is 423. The summed E-state index contributed by atoms with van der Waals surface area (Å²) in [6.45, 7) is 0.929. The second-order valence-electron chi connectivity index (χ2n) is 5.30. The minimum Gasteiger partial charge on any atom is -0.303 e. The van der Waals surface area contributed by atoms with Crippen molar-refractivity contribution >= 4 is 5.78 Å². The van der Waals surface area contributed by atoms with Crippen LogP contribution in [0.3, 0.4) is 0 Å². The van der Waals surface area contributed by atoms with Crippen LogP contribution in [0.4, 0.5) is 0 Å². The number of carbonyl (C=O) groups is 1. The number of nitrogens with one attached hydrogen (secondary N) is 1. The van der Waals surface area contributed by atoms with Crippen LogP contribution in [0.15, 0.2) is 24.3 Å². The molecule has 1 N–H and O–H groups in total. The number of rotatable bonds is 3. The molecular formula is C15H19NO. The molecule has 1 aromatic rings. The quantitative estimate of drug-likeness (QED) is 0.863. The summed E-state index contributed by atoms with van der Waals surface area (Å²) in [6, 6.07) is 8.32. The number of benzene rings is 1. The molecule has 1 saturated carbocycles. The fraction of sp³-hybridized carbons (Fsp3) is 0.533. The summed E-state index contributed by atoms with van der Waals surface area (Å²) in [6.07, 6.45) is 5.63. The first-order chi connectivity index (χ1) is 8.34. The summed E-state index contributed by atoms with van der Waals surface area (Å²) >= 11 is 0. The molecule has 2 aliphatic rings. The van der Waals surface area contributed by atoms with Crippen molar-refractivity contribution in [3.05, 3.63) is 35.4 Å². The van der Waals surface area contributed by atoms with Crippen molar-refractivity contribution in [2.75, 3.05) is 6.54 Å². The van der Waals surface area contributed by atoms with Gasteiger partial charge in [-0.05, 0) is 23.5 Å². The molecule has 17 heavy (non-hydrogen) atoms. The molecular weight excluding hydrogens is 210 g/mol. The molecule has 1 aromatic carbocycles. The van der Waals surface area contributed by atoms with Crippen molar-refractivity contribution < 1.29 is 4.79 Å². The SMILES string of the molecule is O=C(CC1CCC1)C1NCCc2ccccc21. The topological polar surface area (TPSA) is 29.1 Å². The number of fused-ring (bicyclic) bond motifs is 1. The second kappa shape index (κ2) is 4.61. The van der Waals surface area contributed by atoms with Gasteiger partial charge in [0.2, 0.25) is 0 Å². The number of carbonyl (C=O) groups excluding carboxylic acids is 1. The monoisotopic (exact) mass is 229 g/mol. The van der Waals surface area contributed by atoms with Crippen molar-refractivity contribution in [3.8, 4) is 0 Å². The Hall–Kier alpha value is -1.15. The molecule has 2 nitrogen and oxygen atoms in total. The zero-order chi connectivity index (χ0) is 11.7. The lowest BCUT2D eigenvalue weighted by molar-refractivity contribution is -0.122. The van der Waals surface area contributed by atoms with E-state index in [4.69, 9.17) is 0 Å². The normalized spacial score (nSPS) is 23.9. The van der Waals surface area contributed by atoms with Gasteiger partial charge in [-0.15, -0.1) is 0 Å². The van der Waals surface area contributed by atoms with Gasteiger partial charge in [-0.25, -0.2) is 0 Å². The van der Waals surface area contributed by atoms with E-state index in [1.807, 2.05) is 6.07 Å². The Labute approximate surface area is 102 Å². The summed E-state index contributed by atoms with van der Waals surface area (Å²) < 4.78 is 0. The lowest BCUT2D eigenvalue weighted by Crippen LogP contribution is -2.36. The standard InChI is InChI=1S/C15H19NO/c17-14(10-11-4-3-5-11)15-13-7-2-1-6-12(13)8-9-16-15/h1-2,6-7,11,15-16H,3-5,8-10H2. The van der Waals surface area contributed by atoms with E-state index in [-0.39, 0.29) is 6.04 Å². The molecule has 0 amide bonds. The molecule has 1 unspecified atom stereocenters. The van der Waals surface area contributed by atoms with Crippen LogP contribution in [0.5, 0.6) is 0 Å². The molecule has 0 saturated heterocycles. The fourth-order valence-corrected chi connectivity index (χ4v) is 2.89. The van der Waals surface area contributed by atoms with Crippen LogP contribution in [-0.4, -0.2) is 12.3 Å².